The first kappa shape index (κ1) is 17.1. The molecule has 3 heterocycles. The topological polar surface area (TPSA) is 47.4 Å². The standard InChI is InChI=1S/C19H29N3O2/c1-5-15-17(16-8-6-7-11-22(16)20-15)14-9-12-21(13-10-14)18(23)24-19(2,3)4/h9H,5-8,10-13H2,1-4H3. The van der Waals surface area contributed by atoms with Gasteiger partial charge in [0.05, 0.1) is 5.69 Å². The first-order valence-electron chi connectivity index (χ1n) is 9.15. The monoisotopic (exact) mass is 331 g/mol. The highest BCUT2D eigenvalue weighted by Crippen LogP contribution is 2.32. The van der Waals surface area contributed by atoms with Crippen molar-refractivity contribution in [3.05, 3.63) is 23.0 Å². The average molecular weight is 331 g/mol. The minimum atomic E-state index is -0.443. The molecule has 0 radical (unpaired) electrons. The third kappa shape index (κ3) is 3.50. The van der Waals surface area contributed by atoms with Crippen molar-refractivity contribution in [2.45, 2.75) is 71.9 Å². The molecule has 0 N–H and O–H groups in total. The Bertz CT molecular complexity index is 652. The Morgan fingerprint density at radius 1 is 1.25 bits per heavy atom. The van der Waals surface area contributed by atoms with E-state index >= 15 is 0 Å². The zero-order chi connectivity index (χ0) is 17.3. The molecule has 1 amide bonds. The van der Waals surface area contributed by atoms with Crippen LogP contribution in [0.2, 0.25) is 0 Å². The highest BCUT2D eigenvalue weighted by molar-refractivity contribution is 5.74. The number of ether oxygens (including phenoxy) is 1. The number of rotatable bonds is 2. The summed E-state index contributed by atoms with van der Waals surface area (Å²) in [4.78, 5) is 14.0. The van der Waals surface area contributed by atoms with Crippen LogP contribution in [0.4, 0.5) is 4.79 Å². The van der Waals surface area contributed by atoms with Crippen LogP contribution in [0.15, 0.2) is 6.08 Å². The van der Waals surface area contributed by atoms with E-state index < -0.39 is 5.60 Å². The molecule has 0 bridgehead atoms. The molecule has 2 aliphatic rings. The summed E-state index contributed by atoms with van der Waals surface area (Å²) in [7, 11) is 0. The molecule has 0 unspecified atom stereocenters. The van der Waals surface area contributed by atoms with Crippen LogP contribution in [0.3, 0.4) is 0 Å². The van der Waals surface area contributed by atoms with Crippen molar-refractivity contribution in [1.82, 2.24) is 14.7 Å². The number of hydrogen-bond donors (Lipinski definition) is 0. The smallest absolute Gasteiger partial charge is 0.410 e. The Morgan fingerprint density at radius 2 is 2.04 bits per heavy atom. The van der Waals surface area contributed by atoms with Gasteiger partial charge < -0.3 is 9.64 Å². The van der Waals surface area contributed by atoms with Gasteiger partial charge in [0.15, 0.2) is 0 Å². The lowest BCUT2D eigenvalue weighted by atomic mass is 9.93. The van der Waals surface area contributed by atoms with E-state index in [0.717, 1.165) is 25.8 Å². The average Bonchev–Trinajstić information content (AvgIpc) is 2.92. The van der Waals surface area contributed by atoms with Gasteiger partial charge in [0.25, 0.3) is 0 Å². The van der Waals surface area contributed by atoms with Crippen molar-refractivity contribution in [2.24, 2.45) is 0 Å². The summed E-state index contributed by atoms with van der Waals surface area (Å²) in [5.74, 6) is 0. The van der Waals surface area contributed by atoms with Gasteiger partial charge in [0, 0.05) is 30.9 Å². The van der Waals surface area contributed by atoms with E-state index in [1.165, 1.54) is 35.4 Å². The molecular weight excluding hydrogens is 302 g/mol. The maximum atomic E-state index is 12.2. The summed E-state index contributed by atoms with van der Waals surface area (Å²) in [5.41, 5.74) is 4.89. The number of aromatic nitrogens is 2. The molecule has 1 aromatic heterocycles. The highest BCUT2D eigenvalue weighted by Gasteiger charge is 2.27. The van der Waals surface area contributed by atoms with E-state index in [2.05, 4.69) is 17.7 Å². The third-order valence-electron chi connectivity index (χ3n) is 4.68. The zero-order valence-corrected chi connectivity index (χ0v) is 15.4. The van der Waals surface area contributed by atoms with Crippen molar-refractivity contribution >= 4 is 11.7 Å². The van der Waals surface area contributed by atoms with Crippen LogP contribution in [-0.4, -0.2) is 39.5 Å². The summed E-state index contributed by atoms with van der Waals surface area (Å²) >= 11 is 0. The Kier molecular flexibility index (Phi) is 4.70. The molecule has 5 heteroatoms. The van der Waals surface area contributed by atoms with Crippen molar-refractivity contribution in [1.29, 1.82) is 0 Å². The SMILES string of the molecule is CCc1nn2c(c1C1=CCN(C(=O)OC(C)(C)C)CC1)CCCC2. The lowest BCUT2D eigenvalue weighted by Gasteiger charge is -2.30. The lowest BCUT2D eigenvalue weighted by molar-refractivity contribution is 0.0270. The van der Waals surface area contributed by atoms with Gasteiger partial charge in [0.1, 0.15) is 5.60 Å². The Labute approximate surface area is 144 Å². The second-order valence-electron chi connectivity index (χ2n) is 7.71. The largest absolute Gasteiger partial charge is 0.444 e. The molecule has 0 fully saturated rings. The van der Waals surface area contributed by atoms with E-state index in [0.29, 0.717) is 13.1 Å². The van der Waals surface area contributed by atoms with Gasteiger partial charge in [-0.15, -0.1) is 0 Å². The van der Waals surface area contributed by atoms with E-state index in [1.807, 2.05) is 20.8 Å². The molecule has 0 saturated heterocycles. The number of aryl methyl sites for hydroxylation is 2. The summed E-state index contributed by atoms with van der Waals surface area (Å²) in [6.07, 6.45) is 7.41. The van der Waals surface area contributed by atoms with Gasteiger partial charge >= 0.3 is 6.09 Å². The first-order valence-corrected chi connectivity index (χ1v) is 9.15. The minimum Gasteiger partial charge on any atom is -0.444 e. The highest BCUT2D eigenvalue weighted by atomic mass is 16.6. The van der Waals surface area contributed by atoms with Gasteiger partial charge in [-0.1, -0.05) is 13.0 Å². The summed E-state index contributed by atoms with van der Waals surface area (Å²) in [6.45, 7) is 10.3. The Balaban J connectivity index is 1.78. The molecule has 0 aliphatic carbocycles. The molecule has 3 rings (SSSR count). The van der Waals surface area contributed by atoms with Crippen LogP contribution in [0.25, 0.3) is 5.57 Å². The fourth-order valence-electron chi connectivity index (χ4n) is 3.55. The second kappa shape index (κ2) is 6.61. The van der Waals surface area contributed by atoms with Gasteiger partial charge in [-0.25, -0.2) is 4.79 Å². The fraction of sp³-hybridized carbons (Fsp3) is 0.684. The summed E-state index contributed by atoms with van der Waals surface area (Å²) in [5, 5.41) is 4.82. The van der Waals surface area contributed by atoms with Crippen LogP contribution < -0.4 is 0 Å². The van der Waals surface area contributed by atoms with Gasteiger partial charge in [0.2, 0.25) is 0 Å². The van der Waals surface area contributed by atoms with Crippen molar-refractivity contribution in [3.8, 4) is 0 Å². The number of carbonyl (C=O) groups is 1. The van der Waals surface area contributed by atoms with Crippen LogP contribution in [0.1, 0.15) is 63.9 Å². The maximum Gasteiger partial charge on any atom is 0.410 e. The Hall–Kier alpha value is -1.78. The number of fused-ring (bicyclic) bond motifs is 1. The van der Waals surface area contributed by atoms with Crippen LogP contribution >= 0.6 is 0 Å². The van der Waals surface area contributed by atoms with Crippen LogP contribution in [-0.2, 0) is 24.1 Å². The van der Waals surface area contributed by atoms with Gasteiger partial charge in [-0.05, 0) is 58.4 Å². The number of amides is 1. The molecule has 1 aromatic rings. The fourth-order valence-corrected chi connectivity index (χ4v) is 3.55. The van der Waals surface area contributed by atoms with E-state index in [4.69, 9.17) is 9.84 Å². The van der Waals surface area contributed by atoms with Gasteiger partial charge in [-0.3, -0.25) is 4.68 Å². The van der Waals surface area contributed by atoms with E-state index in [-0.39, 0.29) is 6.09 Å². The Morgan fingerprint density at radius 3 is 2.67 bits per heavy atom. The molecule has 5 nitrogen and oxygen atoms in total. The minimum absolute atomic E-state index is 0.217. The predicted octanol–water partition coefficient (Wildman–Crippen LogP) is 3.81. The molecule has 132 valence electrons. The number of hydrogen-bond acceptors (Lipinski definition) is 3. The lowest BCUT2D eigenvalue weighted by Crippen LogP contribution is -2.39. The molecule has 2 aliphatic heterocycles. The second-order valence-corrected chi connectivity index (χ2v) is 7.71. The normalized spacial score (nSPS) is 18.2. The molecular formula is C19H29N3O2. The summed E-state index contributed by atoms with van der Waals surface area (Å²) in [6, 6.07) is 0. The first-order chi connectivity index (χ1) is 11.4. The third-order valence-corrected chi connectivity index (χ3v) is 4.68. The zero-order valence-electron chi connectivity index (χ0n) is 15.4. The van der Waals surface area contributed by atoms with Crippen LogP contribution in [0, 0.1) is 0 Å². The molecule has 24 heavy (non-hydrogen) atoms. The van der Waals surface area contributed by atoms with Crippen LogP contribution in [0.5, 0.6) is 0 Å². The van der Waals surface area contributed by atoms with Crippen molar-refractivity contribution in [2.75, 3.05) is 13.1 Å². The number of carbonyl (C=O) groups excluding carboxylic acids is 1. The predicted molar refractivity (Wildman–Crippen MR) is 94.9 cm³/mol. The summed E-state index contributed by atoms with van der Waals surface area (Å²) < 4.78 is 7.69. The molecule has 0 saturated carbocycles. The number of nitrogens with zero attached hydrogens (tertiary/aromatic N) is 3. The van der Waals surface area contributed by atoms with E-state index in [9.17, 15) is 4.79 Å². The van der Waals surface area contributed by atoms with E-state index in [1.54, 1.807) is 4.90 Å². The van der Waals surface area contributed by atoms with Gasteiger partial charge in [-0.2, -0.15) is 5.10 Å². The van der Waals surface area contributed by atoms with Crippen molar-refractivity contribution in [3.63, 3.8) is 0 Å². The molecule has 0 atom stereocenters. The quantitative estimate of drug-likeness (QED) is 0.828. The molecule has 0 aromatic carbocycles. The maximum absolute atomic E-state index is 12.2. The van der Waals surface area contributed by atoms with Crippen molar-refractivity contribution < 1.29 is 9.53 Å². The molecule has 0 spiro atoms.